The van der Waals surface area contributed by atoms with Crippen LogP contribution in [0.4, 0.5) is 4.79 Å². The van der Waals surface area contributed by atoms with Crippen molar-refractivity contribution in [2.75, 3.05) is 0 Å². The van der Waals surface area contributed by atoms with Gasteiger partial charge in [0.1, 0.15) is 0 Å². The SMILES string of the molecule is CC(C)[C@H](OC(=O)[C@@H](C)SCc1ccc(Br)cc1)C(=O)NC(N)=O. The monoisotopic (exact) mass is 416 g/mol. The predicted molar refractivity (Wildman–Crippen MR) is 97.3 cm³/mol. The first-order chi connectivity index (χ1) is 11.2. The number of esters is 1. The molecule has 0 fully saturated rings. The van der Waals surface area contributed by atoms with E-state index >= 15 is 0 Å². The van der Waals surface area contributed by atoms with Crippen molar-refractivity contribution in [3.8, 4) is 0 Å². The zero-order valence-corrected chi connectivity index (χ0v) is 16.1. The van der Waals surface area contributed by atoms with Gasteiger partial charge in [0, 0.05) is 10.2 Å². The highest BCUT2D eigenvalue weighted by Crippen LogP contribution is 2.21. The summed E-state index contributed by atoms with van der Waals surface area (Å²) in [5.41, 5.74) is 6.00. The summed E-state index contributed by atoms with van der Waals surface area (Å²) in [6, 6.07) is 6.82. The number of halogens is 1. The van der Waals surface area contributed by atoms with E-state index in [1.165, 1.54) is 11.8 Å². The second-order valence-electron chi connectivity index (χ2n) is 5.53. The van der Waals surface area contributed by atoms with Crippen molar-refractivity contribution in [2.24, 2.45) is 11.7 Å². The molecule has 0 spiro atoms. The molecule has 0 saturated carbocycles. The molecule has 0 bridgehead atoms. The summed E-state index contributed by atoms with van der Waals surface area (Å²) in [5.74, 6) is -0.855. The fourth-order valence-electron chi connectivity index (χ4n) is 1.78. The molecule has 1 aromatic carbocycles. The van der Waals surface area contributed by atoms with Gasteiger partial charge < -0.3 is 10.5 Å². The van der Waals surface area contributed by atoms with Crippen LogP contribution in [0.5, 0.6) is 0 Å². The molecular formula is C16H21BrN2O4S. The minimum absolute atomic E-state index is 0.281. The Bertz CT molecular complexity index is 592. The Morgan fingerprint density at radius 1 is 1.21 bits per heavy atom. The zero-order chi connectivity index (χ0) is 18.3. The summed E-state index contributed by atoms with van der Waals surface area (Å²) < 4.78 is 6.25. The number of carbonyl (C=O) groups is 3. The van der Waals surface area contributed by atoms with Crippen LogP contribution in [0.1, 0.15) is 26.3 Å². The highest BCUT2D eigenvalue weighted by Gasteiger charge is 2.29. The van der Waals surface area contributed by atoms with E-state index in [1.54, 1.807) is 20.8 Å². The van der Waals surface area contributed by atoms with Crippen LogP contribution in [0, 0.1) is 5.92 Å². The maximum atomic E-state index is 12.2. The average molecular weight is 417 g/mol. The molecule has 1 aromatic rings. The maximum Gasteiger partial charge on any atom is 0.319 e. The molecule has 0 heterocycles. The number of ether oxygens (including phenoxy) is 1. The number of rotatable bonds is 7. The standard InChI is InChI=1S/C16H21BrN2O4S/c1-9(2)13(14(20)19-16(18)22)23-15(21)10(3)24-8-11-4-6-12(17)7-5-11/h4-7,9-10,13H,8H2,1-3H3,(H3,18,19,20,22)/t10-,13+/m1/s1. The van der Waals surface area contributed by atoms with E-state index in [0.717, 1.165) is 10.0 Å². The summed E-state index contributed by atoms with van der Waals surface area (Å²) in [5, 5.41) is 1.50. The van der Waals surface area contributed by atoms with E-state index in [4.69, 9.17) is 10.5 Å². The third kappa shape index (κ3) is 6.92. The van der Waals surface area contributed by atoms with Crippen LogP contribution in [-0.2, 0) is 20.1 Å². The van der Waals surface area contributed by atoms with Gasteiger partial charge in [-0.15, -0.1) is 11.8 Å². The lowest BCUT2D eigenvalue weighted by Gasteiger charge is -2.21. The minimum atomic E-state index is -1.05. The van der Waals surface area contributed by atoms with Gasteiger partial charge >= 0.3 is 12.0 Å². The Hall–Kier alpha value is -1.54. The molecule has 1 rings (SSSR count). The molecule has 3 N–H and O–H groups in total. The Balaban J connectivity index is 2.58. The van der Waals surface area contributed by atoms with Gasteiger partial charge in [0.15, 0.2) is 6.10 Å². The maximum absolute atomic E-state index is 12.2. The Morgan fingerprint density at radius 3 is 2.29 bits per heavy atom. The zero-order valence-electron chi connectivity index (χ0n) is 13.7. The normalized spacial score (nSPS) is 13.2. The van der Waals surface area contributed by atoms with Gasteiger partial charge in [0.05, 0.1) is 5.25 Å². The fourth-order valence-corrected chi connectivity index (χ4v) is 2.87. The van der Waals surface area contributed by atoms with Gasteiger partial charge in [0.2, 0.25) is 0 Å². The number of thioether (sulfide) groups is 1. The van der Waals surface area contributed by atoms with E-state index in [2.05, 4.69) is 15.9 Å². The molecular weight excluding hydrogens is 396 g/mol. The minimum Gasteiger partial charge on any atom is -0.451 e. The van der Waals surface area contributed by atoms with Gasteiger partial charge in [-0.3, -0.25) is 14.9 Å². The van der Waals surface area contributed by atoms with Crippen LogP contribution in [0.25, 0.3) is 0 Å². The Kier molecular flexibility index (Phi) is 8.27. The van der Waals surface area contributed by atoms with Gasteiger partial charge in [-0.25, -0.2) is 4.79 Å². The van der Waals surface area contributed by atoms with Crippen molar-refractivity contribution in [1.29, 1.82) is 0 Å². The first-order valence-corrected chi connectivity index (χ1v) is 9.21. The van der Waals surface area contributed by atoms with E-state index in [0.29, 0.717) is 5.75 Å². The van der Waals surface area contributed by atoms with Crippen molar-refractivity contribution >= 4 is 45.6 Å². The molecule has 0 aliphatic rings. The highest BCUT2D eigenvalue weighted by atomic mass is 79.9. The molecule has 0 saturated heterocycles. The first-order valence-electron chi connectivity index (χ1n) is 7.37. The second-order valence-corrected chi connectivity index (χ2v) is 7.78. The topological polar surface area (TPSA) is 98.5 Å². The molecule has 132 valence electrons. The lowest BCUT2D eigenvalue weighted by molar-refractivity contribution is -0.157. The Labute approximate surface area is 154 Å². The molecule has 24 heavy (non-hydrogen) atoms. The first kappa shape index (κ1) is 20.5. The third-order valence-electron chi connectivity index (χ3n) is 3.10. The van der Waals surface area contributed by atoms with Crippen LogP contribution >= 0.6 is 27.7 Å². The van der Waals surface area contributed by atoms with Gasteiger partial charge in [-0.1, -0.05) is 41.9 Å². The number of imide groups is 1. The molecule has 0 aliphatic carbocycles. The van der Waals surface area contributed by atoms with Gasteiger partial charge in [-0.05, 0) is 30.5 Å². The molecule has 0 aromatic heterocycles. The lowest BCUT2D eigenvalue weighted by atomic mass is 10.1. The van der Waals surface area contributed by atoms with Crippen molar-refractivity contribution in [3.63, 3.8) is 0 Å². The van der Waals surface area contributed by atoms with Crippen LogP contribution in [0.3, 0.4) is 0 Å². The van der Waals surface area contributed by atoms with Crippen molar-refractivity contribution in [2.45, 2.75) is 37.9 Å². The number of urea groups is 1. The van der Waals surface area contributed by atoms with E-state index in [1.807, 2.05) is 29.6 Å². The van der Waals surface area contributed by atoms with Crippen molar-refractivity contribution in [3.05, 3.63) is 34.3 Å². The number of carbonyl (C=O) groups excluding carboxylic acids is 3. The number of hydrogen-bond acceptors (Lipinski definition) is 5. The molecule has 6 nitrogen and oxygen atoms in total. The molecule has 8 heteroatoms. The molecule has 2 atom stereocenters. The van der Waals surface area contributed by atoms with Gasteiger partial charge in [-0.2, -0.15) is 0 Å². The molecule has 3 amide bonds. The number of primary amides is 1. The number of nitrogens with one attached hydrogen (secondary N) is 1. The van der Waals surface area contributed by atoms with Gasteiger partial charge in [0.25, 0.3) is 5.91 Å². The highest BCUT2D eigenvalue weighted by molar-refractivity contribution is 9.10. The lowest BCUT2D eigenvalue weighted by Crippen LogP contribution is -2.46. The predicted octanol–water partition coefficient (Wildman–Crippen LogP) is 2.83. The number of amides is 3. The van der Waals surface area contributed by atoms with E-state index in [-0.39, 0.29) is 5.92 Å². The van der Waals surface area contributed by atoms with Crippen LogP contribution in [0.15, 0.2) is 28.7 Å². The third-order valence-corrected chi connectivity index (χ3v) is 4.82. The number of hydrogen-bond donors (Lipinski definition) is 2. The number of benzene rings is 1. The van der Waals surface area contributed by atoms with Crippen molar-refractivity contribution < 1.29 is 19.1 Å². The largest absolute Gasteiger partial charge is 0.451 e. The summed E-state index contributed by atoms with van der Waals surface area (Å²) in [6.45, 7) is 5.16. The molecule has 0 radical (unpaired) electrons. The summed E-state index contributed by atoms with van der Waals surface area (Å²) in [7, 11) is 0. The quantitative estimate of drug-likeness (QED) is 0.665. The Morgan fingerprint density at radius 2 is 1.79 bits per heavy atom. The average Bonchev–Trinajstić information content (AvgIpc) is 2.50. The summed E-state index contributed by atoms with van der Waals surface area (Å²) in [6.07, 6.45) is -1.05. The smallest absolute Gasteiger partial charge is 0.319 e. The van der Waals surface area contributed by atoms with Crippen molar-refractivity contribution in [1.82, 2.24) is 5.32 Å². The summed E-state index contributed by atoms with van der Waals surface area (Å²) in [4.78, 5) is 34.8. The van der Waals surface area contributed by atoms with E-state index < -0.39 is 29.3 Å². The summed E-state index contributed by atoms with van der Waals surface area (Å²) >= 11 is 4.78. The molecule has 0 aliphatic heterocycles. The van der Waals surface area contributed by atoms with Crippen LogP contribution < -0.4 is 11.1 Å². The van der Waals surface area contributed by atoms with E-state index in [9.17, 15) is 14.4 Å². The number of nitrogens with two attached hydrogens (primary N) is 1. The molecule has 0 unspecified atom stereocenters. The van der Waals surface area contributed by atoms with Crippen LogP contribution in [-0.4, -0.2) is 29.3 Å². The fraction of sp³-hybridized carbons (Fsp3) is 0.438. The van der Waals surface area contributed by atoms with Crippen LogP contribution in [0.2, 0.25) is 0 Å². The second kappa shape index (κ2) is 9.68.